The fourth-order valence-corrected chi connectivity index (χ4v) is 3.20. The van der Waals surface area contributed by atoms with E-state index in [1.807, 2.05) is 0 Å². The summed E-state index contributed by atoms with van der Waals surface area (Å²) >= 11 is 0. The lowest BCUT2D eigenvalue weighted by molar-refractivity contribution is 0.113. The number of sulfone groups is 1. The molecule has 1 aliphatic heterocycles. The molecule has 2 atom stereocenters. The zero-order valence-corrected chi connectivity index (χ0v) is 12.4. The van der Waals surface area contributed by atoms with Gasteiger partial charge in [0.25, 0.3) is 0 Å². The molecule has 1 aliphatic rings. The summed E-state index contributed by atoms with van der Waals surface area (Å²) in [6.07, 6.45) is 2.36. The molecular formula is C11H25ClN2O2S. The van der Waals surface area contributed by atoms with Gasteiger partial charge in [-0.2, -0.15) is 0 Å². The highest BCUT2D eigenvalue weighted by Crippen LogP contribution is 2.22. The van der Waals surface area contributed by atoms with Crippen LogP contribution in [0.4, 0.5) is 0 Å². The van der Waals surface area contributed by atoms with Gasteiger partial charge in [-0.25, -0.2) is 8.42 Å². The second-order valence-electron chi connectivity index (χ2n) is 4.69. The normalized spacial score (nSPS) is 26.5. The van der Waals surface area contributed by atoms with E-state index in [1.165, 1.54) is 6.42 Å². The van der Waals surface area contributed by atoms with Crippen molar-refractivity contribution in [3.8, 4) is 0 Å². The van der Waals surface area contributed by atoms with Crippen LogP contribution >= 0.6 is 12.4 Å². The molecular weight excluding hydrogens is 260 g/mol. The Hall–Kier alpha value is 0.160. The van der Waals surface area contributed by atoms with Crippen LogP contribution in [0.1, 0.15) is 26.7 Å². The number of rotatable bonds is 5. The molecule has 1 saturated heterocycles. The van der Waals surface area contributed by atoms with E-state index in [9.17, 15) is 8.42 Å². The van der Waals surface area contributed by atoms with Crippen molar-refractivity contribution in [3.05, 3.63) is 0 Å². The van der Waals surface area contributed by atoms with E-state index in [1.54, 1.807) is 6.92 Å². The zero-order valence-electron chi connectivity index (χ0n) is 10.8. The van der Waals surface area contributed by atoms with E-state index in [2.05, 4.69) is 11.8 Å². The first-order valence-electron chi connectivity index (χ1n) is 6.14. The molecule has 0 aromatic heterocycles. The SMILES string of the molecule is CCS(=O)(=O)CCN1CCCC(C)C1CN.Cl. The average Bonchev–Trinajstić information content (AvgIpc) is 2.26. The van der Waals surface area contributed by atoms with Crippen molar-refractivity contribution < 1.29 is 8.42 Å². The van der Waals surface area contributed by atoms with Crippen molar-refractivity contribution in [1.29, 1.82) is 0 Å². The van der Waals surface area contributed by atoms with E-state index in [0.29, 0.717) is 25.0 Å². The van der Waals surface area contributed by atoms with Gasteiger partial charge >= 0.3 is 0 Å². The van der Waals surface area contributed by atoms with Gasteiger partial charge in [0.15, 0.2) is 9.84 Å². The Morgan fingerprint density at radius 3 is 2.59 bits per heavy atom. The maximum absolute atomic E-state index is 11.5. The molecule has 2 unspecified atom stereocenters. The molecule has 1 heterocycles. The first-order valence-corrected chi connectivity index (χ1v) is 7.97. The van der Waals surface area contributed by atoms with Crippen LogP contribution in [0, 0.1) is 5.92 Å². The van der Waals surface area contributed by atoms with Gasteiger partial charge in [-0.15, -0.1) is 12.4 Å². The number of halogens is 1. The van der Waals surface area contributed by atoms with Gasteiger partial charge in [0, 0.05) is 24.9 Å². The van der Waals surface area contributed by atoms with Crippen LogP contribution in [0.25, 0.3) is 0 Å². The standard InChI is InChI=1S/C11H24N2O2S.ClH/c1-3-16(14,15)8-7-13-6-4-5-10(2)11(13)9-12;/h10-11H,3-9,12H2,1-2H3;1H. The Morgan fingerprint density at radius 1 is 1.41 bits per heavy atom. The molecule has 0 aromatic carbocycles. The van der Waals surface area contributed by atoms with E-state index >= 15 is 0 Å². The van der Waals surface area contributed by atoms with Crippen molar-refractivity contribution in [2.45, 2.75) is 32.7 Å². The van der Waals surface area contributed by atoms with Crippen LogP contribution in [0.15, 0.2) is 0 Å². The second-order valence-corrected chi connectivity index (χ2v) is 7.17. The molecule has 104 valence electrons. The van der Waals surface area contributed by atoms with Crippen LogP contribution in [-0.4, -0.2) is 50.5 Å². The molecule has 1 rings (SSSR count). The minimum Gasteiger partial charge on any atom is -0.329 e. The smallest absolute Gasteiger partial charge is 0.151 e. The minimum absolute atomic E-state index is 0. The Morgan fingerprint density at radius 2 is 2.06 bits per heavy atom. The molecule has 0 radical (unpaired) electrons. The lowest BCUT2D eigenvalue weighted by Gasteiger charge is -2.39. The Balaban J connectivity index is 0.00000256. The number of nitrogens with two attached hydrogens (primary N) is 1. The summed E-state index contributed by atoms with van der Waals surface area (Å²) in [5.74, 6) is 1.10. The molecule has 0 amide bonds. The first kappa shape index (κ1) is 17.2. The first-order chi connectivity index (χ1) is 7.50. The zero-order chi connectivity index (χ0) is 12.2. The number of nitrogens with zero attached hydrogens (tertiary/aromatic N) is 1. The van der Waals surface area contributed by atoms with Gasteiger partial charge in [0.05, 0.1) is 5.75 Å². The number of hydrogen-bond donors (Lipinski definition) is 1. The second kappa shape index (κ2) is 7.56. The molecule has 4 nitrogen and oxygen atoms in total. The monoisotopic (exact) mass is 284 g/mol. The van der Waals surface area contributed by atoms with Gasteiger partial charge in [-0.1, -0.05) is 13.8 Å². The maximum atomic E-state index is 11.5. The number of likely N-dealkylation sites (tertiary alicyclic amines) is 1. The molecule has 0 saturated carbocycles. The lowest BCUT2D eigenvalue weighted by Crippen LogP contribution is -2.50. The van der Waals surface area contributed by atoms with Gasteiger partial charge in [0.1, 0.15) is 0 Å². The van der Waals surface area contributed by atoms with Crippen LogP contribution in [0.2, 0.25) is 0 Å². The fourth-order valence-electron chi connectivity index (χ4n) is 2.39. The maximum Gasteiger partial charge on any atom is 0.151 e. The van der Waals surface area contributed by atoms with Crippen molar-refractivity contribution in [3.63, 3.8) is 0 Å². The summed E-state index contributed by atoms with van der Waals surface area (Å²) < 4.78 is 22.9. The number of piperidine rings is 1. The predicted octanol–water partition coefficient (Wildman–Crippen LogP) is 0.902. The summed E-state index contributed by atoms with van der Waals surface area (Å²) in [7, 11) is -2.85. The van der Waals surface area contributed by atoms with Crippen molar-refractivity contribution in [2.24, 2.45) is 11.7 Å². The minimum atomic E-state index is -2.85. The van der Waals surface area contributed by atoms with E-state index in [0.717, 1.165) is 13.0 Å². The van der Waals surface area contributed by atoms with Gasteiger partial charge < -0.3 is 5.73 Å². The largest absolute Gasteiger partial charge is 0.329 e. The van der Waals surface area contributed by atoms with Gasteiger partial charge in [0.2, 0.25) is 0 Å². The third kappa shape index (κ3) is 5.12. The molecule has 6 heteroatoms. The molecule has 0 spiro atoms. The average molecular weight is 285 g/mol. The summed E-state index contributed by atoms with van der Waals surface area (Å²) in [5, 5.41) is 0. The lowest BCUT2D eigenvalue weighted by atomic mass is 9.91. The van der Waals surface area contributed by atoms with Crippen molar-refractivity contribution in [2.75, 3.05) is 31.1 Å². The van der Waals surface area contributed by atoms with E-state index < -0.39 is 9.84 Å². The Labute approximate surface area is 111 Å². The summed E-state index contributed by atoms with van der Waals surface area (Å²) in [4.78, 5) is 2.25. The fraction of sp³-hybridized carbons (Fsp3) is 1.00. The van der Waals surface area contributed by atoms with E-state index in [4.69, 9.17) is 5.73 Å². The molecule has 2 N–H and O–H groups in total. The highest BCUT2D eigenvalue weighted by Gasteiger charge is 2.27. The third-order valence-corrected chi connectivity index (χ3v) is 5.29. The topological polar surface area (TPSA) is 63.4 Å². The molecule has 0 aliphatic carbocycles. The van der Waals surface area contributed by atoms with Gasteiger partial charge in [-0.05, 0) is 25.3 Å². The van der Waals surface area contributed by atoms with Crippen molar-refractivity contribution >= 4 is 22.2 Å². The summed E-state index contributed by atoms with van der Waals surface area (Å²) in [6.45, 7) is 6.17. The van der Waals surface area contributed by atoms with Crippen LogP contribution in [-0.2, 0) is 9.84 Å². The molecule has 0 bridgehead atoms. The van der Waals surface area contributed by atoms with Crippen LogP contribution in [0.3, 0.4) is 0 Å². The van der Waals surface area contributed by atoms with E-state index in [-0.39, 0.29) is 23.9 Å². The summed E-state index contributed by atoms with van der Waals surface area (Å²) in [5.41, 5.74) is 5.76. The predicted molar refractivity (Wildman–Crippen MR) is 74.4 cm³/mol. The number of hydrogen-bond acceptors (Lipinski definition) is 4. The van der Waals surface area contributed by atoms with Crippen molar-refractivity contribution in [1.82, 2.24) is 4.90 Å². The highest BCUT2D eigenvalue weighted by atomic mass is 35.5. The van der Waals surface area contributed by atoms with Crippen LogP contribution < -0.4 is 5.73 Å². The third-order valence-electron chi connectivity index (χ3n) is 3.60. The summed E-state index contributed by atoms with van der Waals surface area (Å²) in [6, 6.07) is 0.362. The van der Waals surface area contributed by atoms with Crippen LogP contribution in [0.5, 0.6) is 0 Å². The Bertz CT molecular complexity index is 309. The molecule has 17 heavy (non-hydrogen) atoms. The Kier molecular flexibility index (Phi) is 7.63. The molecule has 0 aromatic rings. The van der Waals surface area contributed by atoms with Gasteiger partial charge in [-0.3, -0.25) is 4.90 Å². The molecule has 1 fully saturated rings. The highest BCUT2D eigenvalue weighted by molar-refractivity contribution is 7.91. The quantitative estimate of drug-likeness (QED) is 0.815.